The molecule has 0 saturated carbocycles. The van der Waals surface area contributed by atoms with Gasteiger partial charge in [-0.2, -0.15) is 4.72 Å². The summed E-state index contributed by atoms with van der Waals surface area (Å²) in [5.74, 6) is 0.487. The van der Waals surface area contributed by atoms with Crippen LogP contribution in [0.4, 0.5) is 0 Å². The molecular formula is C16H24N2O4S. The van der Waals surface area contributed by atoms with E-state index in [-0.39, 0.29) is 10.8 Å². The van der Waals surface area contributed by atoms with E-state index in [9.17, 15) is 13.2 Å². The molecule has 6 nitrogen and oxygen atoms in total. The molecule has 1 atom stereocenters. The number of hydrogen-bond donors (Lipinski definition) is 1. The zero-order valence-corrected chi connectivity index (χ0v) is 14.6. The fourth-order valence-corrected chi connectivity index (χ4v) is 3.95. The normalized spacial score (nSPS) is 16.4. The lowest BCUT2D eigenvalue weighted by Crippen LogP contribution is -2.45. The van der Waals surface area contributed by atoms with Crippen molar-refractivity contribution in [3.63, 3.8) is 0 Å². The Morgan fingerprint density at radius 1 is 1.35 bits per heavy atom. The molecule has 1 heterocycles. The van der Waals surface area contributed by atoms with Gasteiger partial charge in [0.2, 0.25) is 15.9 Å². The van der Waals surface area contributed by atoms with Crippen LogP contribution in [-0.2, 0) is 14.8 Å². The zero-order valence-electron chi connectivity index (χ0n) is 13.8. The van der Waals surface area contributed by atoms with Crippen LogP contribution in [0.2, 0.25) is 0 Å². The Kier molecular flexibility index (Phi) is 5.64. The largest absolute Gasteiger partial charge is 0.494 e. The molecule has 0 aliphatic carbocycles. The number of hydrogen-bond acceptors (Lipinski definition) is 4. The van der Waals surface area contributed by atoms with E-state index in [0.717, 1.165) is 18.4 Å². The second-order valence-electron chi connectivity index (χ2n) is 5.74. The molecule has 7 heteroatoms. The molecular weight excluding hydrogens is 316 g/mol. The van der Waals surface area contributed by atoms with Gasteiger partial charge in [-0.05, 0) is 57.4 Å². The number of sulfonamides is 1. The van der Waals surface area contributed by atoms with Gasteiger partial charge in [0.15, 0.2) is 0 Å². The summed E-state index contributed by atoms with van der Waals surface area (Å²) in [6.45, 7) is 7.17. The molecule has 0 aromatic heterocycles. The van der Waals surface area contributed by atoms with E-state index < -0.39 is 16.1 Å². The lowest BCUT2D eigenvalue weighted by atomic mass is 10.2. The SMILES string of the molecule is CCOc1ccc(S(=O)(=O)N[C@@H](C)C(=O)N2CCCC2)cc1C. The van der Waals surface area contributed by atoms with Crippen molar-refractivity contribution in [1.82, 2.24) is 9.62 Å². The van der Waals surface area contributed by atoms with Gasteiger partial charge in [-0.25, -0.2) is 8.42 Å². The first-order valence-corrected chi connectivity index (χ1v) is 9.38. The van der Waals surface area contributed by atoms with Crippen molar-refractivity contribution in [3.8, 4) is 5.75 Å². The summed E-state index contributed by atoms with van der Waals surface area (Å²) >= 11 is 0. The molecule has 1 aromatic rings. The highest BCUT2D eigenvalue weighted by Gasteiger charge is 2.27. The average Bonchev–Trinajstić information content (AvgIpc) is 3.02. The number of amides is 1. The summed E-state index contributed by atoms with van der Waals surface area (Å²) in [7, 11) is -3.74. The maximum Gasteiger partial charge on any atom is 0.241 e. The summed E-state index contributed by atoms with van der Waals surface area (Å²) in [6, 6.07) is 3.92. The molecule has 0 unspecified atom stereocenters. The second-order valence-corrected chi connectivity index (χ2v) is 7.45. The minimum atomic E-state index is -3.74. The number of benzene rings is 1. The maximum atomic E-state index is 12.5. The van der Waals surface area contributed by atoms with Crippen molar-refractivity contribution in [2.45, 2.75) is 44.6 Å². The number of carbonyl (C=O) groups is 1. The van der Waals surface area contributed by atoms with Crippen LogP contribution in [0.3, 0.4) is 0 Å². The predicted octanol–water partition coefficient (Wildman–Crippen LogP) is 1.68. The lowest BCUT2D eigenvalue weighted by molar-refractivity contribution is -0.131. The summed E-state index contributed by atoms with van der Waals surface area (Å²) in [5, 5.41) is 0. The number of likely N-dealkylation sites (tertiary alicyclic amines) is 1. The predicted molar refractivity (Wildman–Crippen MR) is 87.9 cm³/mol. The quantitative estimate of drug-likeness (QED) is 0.855. The number of aryl methyl sites for hydroxylation is 1. The molecule has 1 amide bonds. The first-order chi connectivity index (χ1) is 10.8. The fraction of sp³-hybridized carbons (Fsp3) is 0.562. The van der Waals surface area contributed by atoms with Crippen LogP contribution in [0.15, 0.2) is 23.1 Å². The highest BCUT2D eigenvalue weighted by atomic mass is 32.2. The van der Waals surface area contributed by atoms with Crippen LogP contribution >= 0.6 is 0 Å². The maximum absolute atomic E-state index is 12.5. The average molecular weight is 340 g/mol. The smallest absolute Gasteiger partial charge is 0.241 e. The highest BCUT2D eigenvalue weighted by molar-refractivity contribution is 7.89. The Bertz CT molecular complexity index is 667. The summed E-state index contributed by atoms with van der Waals surface area (Å²) in [6.07, 6.45) is 1.95. The molecule has 1 fully saturated rings. The van der Waals surface area contributed by atoms with Gasteiger partial charge < -0.3 is 9.64 Å². The lowest BCUT2D eigenvalue weighted by Gasteiger charge is -2.21. The van der Waals surface area contributed by atoms with E-state index in [2.05, 4.69) is 4.72 Å². The molecule has 2 rings (SSSR count). The monoisotopic (exact) mass is 340 g/mol. The molecule has 0 bridgehead atoms. The number of rotatable bonds is 6. The van der Waals surface area contributed by atoms with Crippen LogP contribution in [-0.4, -0.2) is 45.0 Å². The number of carbonyl (C=O) groups excluding carboxylic acids is 1. The van der Waals surface area contributed by atoms with Crippen molar-refractivity contribution >= 4 is 15.9 Å². The Balaban J connectivity index is 2.11. The van der Waals surface area contributed by atoms with E-state index >= 15 is 0 Å². The summed E-state index contributed by atoms with van der Waals surface area (Å²) < 4.78 is 32.8. The van der Waals surface area contributed by atoms with E-state index in [4.69, 9.17) is 4.74 Å². The molecule has 23 heavy (non-hydrogen) atoms. The number of nitrogens with one attached hydrogen (secondary N) is 1. The van der Waals surface area contributed by atoms with Gasteiger partial charge >= 0.3 is 0 Å². The molecule has 1 aliphatic heterocycles. The van der Waals surface area contributed by atoms with Crippen LogP contribution < -0.4 is 9.46 Å². The first-order valence-electron chi connectivity index (χ1n) is 7.89. The van der Waals surface area contributed by atoms with Crippen LogP contribution in [0.25, 0.3) is 0 Å². The molecule has 1 aliphatic rings. The Hall–Kier alpha value is -1.60. The van der Waals surface area contributed by atoms with E-state index in [0.29, 0.717) is 25.4 Å². The summed E-state index contributed by atoms with van der Waals surface area (Å²) in [5.41, 5.74) is 0.744. The van der Waals surface area contributed by atoms with Crippen LogP contribution in [0.1, 0.15) is 32.3 Å². The van der Waals surface area contributed by atoms with Gasteiger partial charge in [0.1, 0.15) is 5.75 Å². The zero-order chi connectivity index (χ0) is 17.0. The first kappa shape index (κ1) is 17.7. The third-order valence-corrected chi connectivity index (χ3v) is 5.42. The van der Waals surface area contributed by atoms with Gasteiger partial charge in [0.25, 0.3) is 0 Å². The third-order valence-electron chi connectivity index (χ3n) is 3.88. The topological polar surface area (TPSA) is 75.7 Å². The van der Waals surface area contributed by atoms with Gasteiger partial charge in [0, 0.05) is 13.1 Å². The van der Waals surface area contributed by atoms with Crippen molar-refractivity contribution in [1.29, 1.82) is 0 Å². The molecule has 1 saturated heterocycles. The minimum absolute atomic E-state index is 0.138. The Morgan fingerprint density at radius 2 is 2.00 bits per heavy atom. The standard InChI is InChI=1S/C16H24N2O4S/c1-4-22-15-8-7-14(11-12(15)2)23(20,21)17-13(3)16(19)18-9-5-6-10-18/h7-8,11,13,17H,4-6,9-10H2,1-3H3/t13-/m0/s1. The number of ether oxygens (including phenoxy) is 1. The molecule has 0 radical (unpaired) electrons. The summed E-state index contributed by atoms with van der Waals surface area (Å²) in [4.78, 5) is 14.1. The van der Waals surface area contributed by atoms with Gasteiger partial charge in [-0.3, -0.25) is 4.79 Å². The van der Waals surface area contributed by atoms with Crippen molar-refractivity contribution in [2.75, 3.05) is 19.7 Å². The van der Waals surface area contributed by atoms with Crippen LogP contribution in [0.5, 0.6) is 5.75 Å². The molecule has 128 valence electrons. The van der Waals surface area contributed by atoms with Gasteiger partial charge in [-0.15, -0.1) is 0 Å². The minimum Gasteiger partial charge on any atom is -0.494 e. The number of nitrogens with zero attached hydrogens (tertiary/aromatic N) is 1. The van der Waals surface area contributed by atoms with Crippen LogP contribution in [0, 0.1) is 6.92 Å². The second kappa shape index (κ2) is 7.31. The van der Waals surface area contributed by atoms with E-state index in [1.807, 2.05) is 6.92 Å². The van der Waals surface area contributed by atoms with Crippen molar-refractivity contribution in [3.05, 3.63) is 23.8 Å². The Morgan fingerprint density at radius 3 is 2.57 bits per heavy atom. The van der Waals surface area contributed by atoms with Crippen molar-refractivity contribution < 1.29 is 17.9 Å². The molecule has 1 aromatic carbocycles. The molecule has 0 spiro atoms. The molecule has 1 N–H and O–H groups in total. The van der Waals surface area contributed by atoms with E-state index in [1.165, 1.54) is 6.07 Å². The fourth-order valence-electron chi connectivity index (χ4n) is 2.67. The van der Waals surface area contributed by atoms with E-state index in [1.54, 1.807) is 30.9 Å². The van der Waals surface area contributed by atoms with Gasteiger partial charge in [-0.1, -0.05) is 0 Å². The Labute approximate surface area is 137 Å². The third kappa shape index (κ3) is 4.23. The highest BCUT2D eigenvalue weighted by Crippen LogP contribution is 2.22. The van der Waals surface area contributed by atoms with Crippen molar-refractivity contribution in [2.24, 2.45) is 0 Å². The van der Waals surface area contributed by atoms with Gasteiger partial charge in [0.05, 0.1) is 17.5 Å².